The van der Waals surface area contributed by atoms with Crippen LogP contribution in [0.2, 0.25) is 0 Å². The molecule has 1 saturated heterocycles. The zero-order valence-electron chi connectivity index (χ0n) is 14.1. The topological polar surface area (TPSA) is 92.3 Å². The normalized spacial score (nSPS) is 24.3. The van der Waals surface area contributed by atoms with E-state index < -0.39 is 10.0 Å². The van der Waals surface area contributed by atoms with Crippen LogP contribution in [-0.2, 0) is 16.4 Å². The second-order valence-electron chi connectivity index (χ2n) is 6.84. The van der Waals surface area contributed by atoms with Crippen LogP contribution in [0.5, 0.6) is 0 Å². The number of amides is 1. The van der Waals surface area contributed by atoms with Gasteiger partial charge in [-0.2, -0.15) is 0 Å². The van der Waals surface area contributed by atoms with Crippen LogP contribution in [0.1, 0.15) is 42.2 Å². The van der Waals surface area contributed by atoms with Gasteiger partial charge < -0.3 is 4.90 Å². The fourth-order valence-corrected chi connectivity index (χ4v) is 4.34. The van der Waals surface area contributed by atoms with Gasteiger partial charge in [0.1, 0.15) is 6.33 Å². The van der Waals surface area contributed by atoms with Crippen molar-refractivity contribution in [2.75, 3.05) is 19.3 Å². The van der Waals surface area contributed by atoms with Gasteiger partial charge >= 0.3 is 0 Å². The van der Waals surface area contributed by atoms with E-state index in [2.05, 4.69) is 14.7 Å². The molecule has 1 aliphatic heterocycles. The van der Waals surface area contributed by atoms with Gasteiger partial charge in [0.15, 0.2) is 0 Å². The van der Waals surface area contributed by atoms with Gasteiger partial charge in [0, 0.05) is 25.3 Å². The maximum Gasteiger partial charge on any atom is 0.257 e. The van der Waals surface area contributed by atoms with Crippen LogP contribution in [0, 0.1) is 11.8 Å². The number of rotatable bonds is 6. The van der Waals surface area contributed by atoms with Crippen molar-refractivity contribution < 1.29 is 13.2 Å². The summed E-state index contributed by atoms with van der Waals surface area (Å²) in [5.74, 6) is 0.620. The summed E-state index contributed by atoms with van der Waals surface area (Å²) in [7, 11) is -3.29. The Hall–Kier alpha value is -1.54. The molecule has 0 radical (unpaired) electrons. The van der Waals surface area contributed by atoms with E-state index in [-0.39, 0.29) is 17.9 Å². The van der Waals surface area contributed by atoms with E-state index in [9.17, 15) is 13.2 Å². The van der Waals surface area contributed by atoms with Gasteiger partial charge in [0.05, 0.1) is 17.5 Å². The molecule has 0 bridgehead atoms. The third-order valence-corrected chi connectivity index (χ3v) is 5.49. The van der Waals surface area contributed by atoms with Gasteiger partial charge in [-0.05, 0) is 31.1 Å². The first-order valence-corrected chi connectivity index (χ1v) is 10.3. The number of nitrogens with zero attached hydrogens (tertiary/aromatic N) is 3. The first-order chi connectivity index (χ1) is 11.4. The third-order valence-electron chi connectivity index (χ3n) is 4.76. The zero-order chi connectivity index (χ0) is 17.3. The zero-order valence-corrected chi connectivity index (χ0v) is 14.9. The second-order valence-corrected chi connectivity index (χ2v) is 8.62. The lowest BCUT2D eigenvalue weighted by Gasteiger charge is -2.18. The summed E-state index contributed by atoms with van der Waals surface area (Å²) < 4.78 is 26.0. The molecule has 0 aromatic carbocycles. The highest BCUT2D eigenvalue weighted by atomic mass is 32.2. The summed E-state index contributed by atoms with van der Waals surface area (Å²) in [6.07, 6.45) is 8.07. The molecule has 2 fully saturated rings. The number of hydrogen-bond acceptors (Lipinski definition) is 5. The van der Waals surface area contributed by atoms with Crippen LogP contribution in [0.4, 0.5) is 0 Å². The standard InChI is InChI=1S/C16H24N4O3S/c1-3-4-14-12(7-17-10-18-14)16(21)20-8-13(11-5-6-11)15(9-20)19-24(2,22)23/h7,10-11,13,15,19H,3-6,8-9H2,1-2H3/t13-,15+/m1/s1. The molecule has 1 aromatic heterocycles. The van der Waals surface area contributed by atoms with Crippen molar-refractivity contribution >= 4 is 15.9 Å². The predicted molar refractivity (Wildman–Crippen MR) is 89.9 cm³/mol. The molecule has 1 aliphatic carbocycles. The molecule has 2 heterocycles. The number of carbonyl (C=O) groups excluding carboxylic acids is 1. The molecule has 3 rings (SSSR count). The second kappa shape index (κ2) is 6.76. The minimum Gasteiger partial charge on any atom is -0.337 e. The monoisotopic (exact) mass is 352 g/mol. The lowest BCUT2D eigenvalue weighted by Crippen LogP contribution is -2.41. The summed E-state index contributed by atoms with van der Waals surface area (Å²) in [6.45, 7) is 3.05. The summed E-state index contributed by atoms with van der Waals surface area (Å²) in [4.78, 5) is 22.9. The van der Waals surface area contributed by atoms with Crippen LogP contribution >= 0.6 is 0 Å². The maximum absolute atomic E-state index is 12.9. The van der Waals surface area contributed by atoms with Crippen molar-refractivity contribution in [3.63, 3.8) is 0 Å². The Morgan fingerprint density at radius 1 is 1.38 bits per heavy atom. The van der Waals surface area contributed by atoms with Crippen LogP contribution in [0.15, 0.2) is 12.5 Å². The fourth-order valence-electron chi connectivity index (χ4n) is 3.54. The fraction of sp³-hybridized carbons (Fsp3) is 0.688. The molecule has 0 unspecified atom stereocenters. The Labute approximate surface area is 142 Å². The molecule has 132 valence electrons. The minimum atomic E-state index is -3.29. The Kier molecular flexibility index (Phi) is 4.87. The lowest BCUT2D eigenvalue weighted by molar-refractivity contribution is 0.0782. The molecule has 1 amide bonds. The number of hydrogen-bond donors (Lipinski definition) is 1. The molecular weight excluding hydrogens is 328 g/mol. The van der Waals surface area contributed by atoms with E-state index in [1.54, 1.807) is 11.1 Å². The van der Waals surface area contributed by atoms with Crippen molar-refractivity contribution in [2.45, 2.75) is 38.6 Å². The van der Waals surface area contributed by atoms with Crippen molar-refractivity contribution in [3.05, 3.63) is 23.8 Å². The van der Waals surface area contributed by atoms with Crippen LogP contribution in [0.3, 0.4) is 0 Å². The molecule has 8 heteroatoms. The molecule has 2 aliphatic rings. The summed E-state index contributed by atoms with van der Waals surface area (Å²) in [5, 5.41) is 0. The quantitative estimate of drug-likeness (QED) is 0.819. The van der Waals surface area contributed by atoms with Crippen LogP contribution in [-0.4, -0.2) is 54.6 Å². The summed E-state index contributed by atoms with van der Waals surface area (Å²) in [5.41, 5.74) is 1.30. The van der Waals surface area contributed by atoms with Gasteiger partial charge in [-0.25, -0.2) is 23.1 Å². The molecule has 24 heavy (non-hydrogen) atoms. The Morgan fingerprint density at radius 2 is 2.12 bits per heavy atom. The van der Waals surface area contributed by atoms with Crippen LogP contribution < -0.4 is 4.72 Å². The van der Waals surface area contributed by atoms with Gasteiger partial charge in [0.25, 0.3) is 5.91 Å². The highest BCUT2D eigenvalue weighted by molar-refractivity contribution is 7.88. The number of sulfonamides is 1. The molecule has 1 saturated carbocycles. The van der Waals surface area contributed by atoms with E-state index >= 15 is 0 Å². The molecule has 2 atom stereocenters. The predicted octanol–water partition coefficient (Wildman–Crippen LogP) is 0.829. The minimum absolute atomic E-state index is 0.0949. The number of nitrogens with one attached hydrogen (secondary N) is 1. The van der Waals surface area contributed by atoms with E-state index in [0.717, 1.165) is 31.4 Å². The largest absolute Gasteiger partial charge is 0.337 e. The van der Waals surface area contributed by atoms with Gasteiger partial charge in [-0.3, -0.25) is 4.79 Å². The molecule has 1 N–H and O–H groups in total. The van der Waals surface area contributed by atoms with Crippen molar-refractivity contribution in [3.8, 4) is 0 Å². The molecular formula is C16H24N4O3S. The number of aryl methyl sites for hydroxylation is 1. The smallest absolute Gasteiger partial charge is 0.257 e. The molecule has 7 nitrogen and oxygen atoms in total. The average molecular weight is 352 g/mol. The Bertz CT molecular complexity index is 718. The molecule has 1 aromatic rings. The van der Waals surface area contributed by atoms with E-state index in [1.165, 1.54) is 12.6 Å². The highest BCUT2D eigenvalue weighted by Gasteiger charge is 2.45. The summed E-state index contributed by atoms with van der Waals surface area (Å²) in [6, 6.07) is -0.198. The van der Waals surface area contributed by atoms with Gasteiger partial charge in [-0.15, -0.1) is 0 Å². The summed E-state index contributed by atoms with van der Waals surface area (Å²) >= 11 is 0. The van der Waals surface area contributed by atoms with Gasteiger partial charge in [0.2, 0.25) is 10.0 Å². The number of carbonyl (C=O) groups is 1. The number of aromatic nitrogens is 2. The Morgan fingerprint density at radius 3 is 2.75 bits per heavy atom. The first-order valence-electron chi connectivity index (χ1n) is 8.44. The Balaban J connectivity index is 1.78. The highest BCUT2D eigenvalue weighted by Crippen LogP contribution is 2.41. The third kappa shape index (κ3) is 3.92. The van der Waals surface area contributed by atoms with Gasteiger partial charge in [-0.1, -0.05) is 13.3 Å². The van der Waals surface area contributed by atoms with E-state index in [0.29, 0.717) is 24.6 Å². The average Bonchev–Trinajstić information content (AvgIpc) is 3.28. The van der Waals surface area contributed by atoms with Crippen molar-refractivity contribution in [2.24, 2.45) is 11.8 Å². The van der Waals surface area contributed by atoms with Crippen LogP contribution in [0.25, 0.3) is 0 Å². The lowest BCUT2D eigenvalue weighted by atomic mass is 9.99. The maximum atomic E-state index is 12.9. The molecule has 0 spiro atoms. The van der Waals surface area contributed by atoms with E-state index in [4.69, 9.17) is 0 Å². The van der Waals surface area contributed by atoms with E-state index in [1.807, 2.05) is 6.92 Å². The van der Waals surface area contributed by atoms with Crippen molar-refractivity contribution in [1.29, 1.82) is 0 Å². The van der Waals surface area contributed by atoms with Crippen molar-refractivity contribution in [1.82, 2.24) is 19.6 Å². The first kappa shape index (κ1) is 17.3. The number of likely N-dealkylation sites (tertiary alicyclic amines) is 1. The SMILES string of the molecule is CCCc1ncncc1C(=O)N1C[C@H](NS(C)(=O)=O)[C@@H](C2CC2)C1.